The monoisotopic (exact) mass is 364 g/mol. The van der Waals surface area contributed by atoms with E-state index >= 15 is 0 Å². The highest BCUT2D eigenvalue weighted by Crippen LogP contribution is 2.34. The lowest BCUT2D eigenvalue weighted by Gasteiger charge is -2.34. The molecule has 0 aliphatic carbocycles. The van der Waals surface area contributed by atoms with Gasteiger partial charge in [-0.2, -0.15) is 23.5 Å². The molecular weight excluding hydrogens is 347 g/mol. The van der Waals surface area contributed by atoms with Gasteiger partial charge in [-0.15, -0.1) is 0 Å². The summed E-state index contributed by atoms with van der Waals surface area (Å²) in [7, 11) is 0. The average Bonchev–Trinajstić information content (AvgIpc) is 2.41. The summed E-state index contributed by atoms with van der Waals surface area (Å²) in [6.45, 7) is 2.24. The van der Waals surface area contributed by atoms with Crippen LogP contribution >= 0.6 is 39.5 Å². The van der Waals surface area contributed by atoms with Gasteiger partial charge in [-0.25, -0.2) is 4.39 Å². The van der Waals surface area contributed by atoms with Gasteiger partial charge in [0, 0.05) is 32.5 Å². The van der Waals surface area contributed by atoms with E-state index in [4.69, 9.17) is 5.84 Å². The van der Waals surface area contributed by atoms with E-state index in [-0.39, 0.29) is 11.9 Å². The summed E-state index contributed by atoms with van der Waals surface area (Å²) in [4.78, 5) is 0. The fourth-order valence-electron chi connectivity index (χ4n) is 2.30. The van der Waals surface area contributed by atoms with E-state index < -0.39 is 0 Å². The Balaban J connectivity index is 2.11. The molecular formula is C13H18BrFN2S2. The van der Waals surface area contributed by atoms with Gasteiger partial charge in [-0.1, -0.05) is 22.9 Å². The smallest absolute Gasteiger partial charge is 0.123 e. The molecule has 106 valence electrons. The number of hydrazine groups is 1. The van der Waals surface area contributed by atoms with Crippen molar-refractivity contribution in [3.8, 4) is 0 Å². The second kappa shape index (κ2) is 7.31. The molecule has 2 nitrogen and oxygen atoms in total. The van der Waals surface area contributed by atoms with Gasteiger partial charge in [-0.05, 0) is 30.2 Å². The molecule has 1 fully saturated rings. The number of hydrogen-bond donors (Lipinski definition) is 2. The maximum atomic E-state index is 13.3. The highest BCUT2D eigenvalue weighted by Gasteiger charge is 2.30. The van der Waals surface area contributed by atoms with E-state index in [9.17, 15) is 4.39 Å². The second-order valence-electron chi connectivity index (χ2n) is 4.62. The Morgan fingerprint density at radius 1 is 1.47 bits per heavy atom. The number of nitrogens with two attached hydrogens (primary N) is 1. The number of hydrogen-bond acceptors (Lipinski definition) is 4. The van der Waals surface area contributed by atoms with Crippen molar-refractivity contribution in [2.24, 2.45) is 5.84 Å². The van der Waals surface area contributed by atoms with Crippen molar-refractivity contribution < 1.29 is 4.39 Å². The summed E-state index contributed by atoms with van der Waals surface area (Å²) >= 11 is 7.43. The minimum absolute atomic E-state index is 0.158. The lowest BCUT2D eigenvalue weighted by molar-refractivity contribution is 0.499. The van der Waals surface area contributed by atoms with Crippen LogP contribution in [0.4, 0.5) is 4.39 Å². The number of halogens is 2. The lowest BCUT2D eigenvalue weighted by atomic mass is 10.0. The Hall–Kier alpha value is 0.250. The maximum absolute atomic E-state index is 13.3. The van der Waals surface area contributed by atoms with Gasteiger partial charge < -0.3 is 0 Å². The fourth-order valence-corrected chi connectivity index (χ4v) is 5.65. The van der Waals surface area contributed by atoms with Crippen molar-refractivity contribution in [2.75, 3.05) is 11.5 Å². The number of benzene rings is 1. The van der Waals surface area contributed by atoms with Crippen LogP contribution in [0.5, 0.6) is 0 Å². The highest BCUT2D eigenvalue weighted by molar-refractivity contribution is 9.10. The molecule has 1 saturated heterocycles. The Bertz CT molecular complexity index is 433. The first-order valence-corrected chi connectivity index (χ1v) is 9.14. The van der Waals surface area contributed by atoms with E-state index in [1.807, 2.05) is 23.5 Å². The topological polar surface area (TPSA) is 38.0 Å². The zero-order chi connectivity index (χ0) is 13.8. The van der Waals surface area contributed by atoms with Gasteiger partial charge in [-0.3, -0.25) is 11.3 Å². The van der Waals surface area contributed by atoms with Gasteiger partial charge in [0.15, 0.2) is 0 Å². The lowest BCUT2D eigenvalue weighted by Crippen LogP contribution is -2.48. The third kappa shape index (κ3) is 4.11. The van der Waals surface area contributed by atoms with Gasteiger partial charge in [0.25, 0.3) is 0 Å². The van der Waals surface area contributed by atoms with Crippen molar-refractivity contribution in [1.29, 1.82) is 0 Å². The third-order valence-electron chi connectivity index (χ3n) is 3.30. The molecule has 0 aromatic heterocycles. The molecule has 3 atom stereocenters. The summed E-state index contributed by atoms with van der Waals surface area (Å²) < 4.78 is 14.3. The van der Waals surface area contributed by atoms with E-state index in [0.717, 1.165) is 22.2 Å². The van der Waals surface area contributed by atoms with Crippen LogP contribution in [-0.4, -0.2) is 28.0 Å². The van der Waals surface area contributed by atoms with Crippen molar-refractivity contribution >= 4 is 39.5 Å². The van der Waals surface area contributed by atoms with Gasteiger partial charge in [0.05, 0.1) is 0 Å². The standard InChI is InChI=1S/C13H18BrFN2S2/c1-8-13(19-5-4-18-8)12(17-16)7-9-6-10(15)2-3-11(9)14/h2-3,6,8,12-13,17H,4-5,7,16H2,1H3. The molecule has 0 bridgehead atoms. The molecule has 1 aromatic rings. The molecule has 0 spiro atoms. The van der Waals surface area contributed by atoms with Crippen LogP contribution in [0.15, 0.2) is 22.7 Å². The normalized spacial score (nSPS) is 25.3. The Morgan fingerprint density at radius 2 is 2.21 bits per heavy atom. The minimum atomic E-state index is -0.201. The molecule has 0 saturated carbocycles. The SMILES string of the molecule is CC1SCCSC1C(Cc1cc(F)ccc1Br)NN. The maximum Gasteiger partial charge on any atom is 0.123 e. The first-order valence-electron chi connectivity index (χ1n) is 6.25. The van der Waals surface area contributed by atoms with E-state index in [1.165, 1.54) is 11.8 Å². The fraction of sp³-hybridized carbons (Fsp3) is 0.538. The molecule has 1 aliphatic rings. The van der Waals surface area contributed by atoms with Crippen molar-refractivity contribution in [3.63, 3.8) is 0 Å². The molecule has 2 rings (SSSR count). The quantitative estimate of drug-likeness (QED) is 0.635. The van der Waals surface area contributed by atoms with Crippen LogP contribution in [0.3, 0.4) is 0 Å². The number of nitrogens with one attached hydrogen (secondary N) is 1. The number of thioether (sulfide) groups is 2. The molecule has 19 heavy (non-hydrogen) atoms. The van der Waals surface area contributed by atoms with Crippen molar-refractivity contribution in [2.45, 2.75) is 29.9 Å². The molecule has 0 amide bonds. The van der Waals surface area contributed by atoms with Crippen molar-refractivity contribution in [1.82, 2.24) is 5.43 Å². The van der Waals surface area contributed by atoms with Crippen LogP contribution in [0.2, 0.25) is 0 Å². The third-order valence-corrected chi connectivity index (χ3v) is 7.32. The van der Waals surface area contributed by atoms with Gasteiger partial charge >= 0.3 is 0 Å². The van der Waals surface area contributed by atoms with Crippen LogP contribution < -0.4 is 11.3 Å². The molecule has 6 heteroatoms. The Labute approximate surface area is 130 Å². The van der Waals surface area contributed by atoms with E-state index in [0.29, 0.717) is 10.5 Å². The first kappa shape index (κ1) is 15.6. The molecule has 1 aromatic carbocycles. The van der Waals surface area contributed by atoms with Gasteiger partial charge in [0.2, 0.25) is 0 Å². The molecule has 1 heterocycles. The molecule has 3 N–H and O–H groups in total. The summed E-state index contributed by atoms with van der Waals surface area (Å²) in [5.41, 5.74) is 3.88. The first-order chi connectivity index (χ1) is 9.11. The van der Waals surface area contributed by atoms with E-state index in [2.05, 4.69) is 28.3 Å². The zero-order valence-electron chi connectivity index (χ0n) is 10.7. The Kier molecular flexibility index (Phi) is 6.02. The predicted octanol–water partition coefficient (Wildman–Crippen LogP) is 3.20. The van der Waals surface area contributed by atoms with Crippen LogP contribution in [-0.2, 0) is 6.42 Å². The number of rotatable bonds is 4. The van der Waals surface area contributed by atoms with Crippen LogP contribution in [0.25, 0.3) is 0 Å². The molecule has 3 unspecified atom stereocenters. The zero-order valence-corrected chi connectivity index (χ0v) is 14.0. The van der Waals surface area contributed by atoms with Crippen LogP contribution in [0, 0.1) is 5.82 Å². The van der Waals surface area contributed by atoms with E-state index in [1.54, 1.807) is 12.1 Å². The second-order valence-corrected chi connectivity index (χ2v) is 8.25. The predicted molar refractivity (Wildman–Crippen MR) is 87.1 cm³/mol. The van der Waals surface area contributed by atoms with Crippen LogP contribution in [0.1, 0.15) is 12.5 Å². The van der Waals surface area contributed by atoms with Crippen molar-refractivity contribution in [3.05, 3.63) is 34.1 Å². The summed E-state index contributed by atoms with van der Waals surface area (Å²) in [6.07, 6.45) is 0.734. The highest BCUT2D eigenvalue weighted by atomic mass is 79.9. The average molecular weight is 365 g/mol. The summed E-state index contributed by atoms with van der Waals surface area (Å²) in [6, 6.07) is 4.96. The summed E-state index contributed by atoms with van der Waals surface area (Å²) in [5, 5.41) is 1.02. The largest absolute Gasteiger partial charge is 0.271 e. The molecule has 1 aliphatic heterocycles. The summed E-state index contributed by atoms with van der Waals surface area (Å²) in [5.74, 6) is 7.87. The van der Waals surface area contributed by atoms with Gasteiger partial charge in [0.1, 0.15) is 5.82 Å². The Morgan fingerprint density at radius 3 is 2.89 bits per heavy atom. The molecule has 0 radical (unpaired) electrons. The minimum Gasteiger partial charge on any atom is -0.271 e.